The van der Waals surface area contributed by atoms with E-state index in [1.165, 1.54) is 0 Å². The van der Waals surface area contributed by atoms with Gasteiger partial charge in [0.1, 0.15) is 5.54 Å². The molecule has 1 saturated carbocycles. The smallest absolute Gasteiger partial charge is 0.329 e. The first-order chi connectivity index (χ1) is 8.12. The van der Waals surface area contributed by atoms with Gasteiger partial charge in [0.25, 0.3) is 0 Å². The van der Waals surface area contributed by atoms with Gasteiger partial charge in [-0.05, 0) is 25.3 Å². The molecule has 0 saturated heterocycles. The SMILES string of the molecule is Cc1cnc(NC2(C(=O)O)CCCCC2)nc1. The van der Waals surface area contributed by atoms with Crippen LogP contribution in [-0.2, 0) is 4.79 Å². The minimum absolute atomic E-state index is 0.403. The van der Waals surface area contributed by atoms with Gasteiger partial charge in [-0.2, -0.15) is 0 Å². The number of carboxylic acid groups (broad SMARTS) is 1. The van der Waals surface area contributed by atoms with E-state index in [0.717, 1.165) is 24.8 Å². The minimum atomic E-state index is -0.881. The molecule has 1 fully saturated rings. The van der Waals surface area contributed by atoms with Crippen LogP contribution in [0.1, 0.15) is 37.7 Å². The largest absolute Gasteiger partial charge is 0.480 e. The summed E-state index contributed by atoms with van der Waals surface area (Å²) in [7, 11) is 0. The third-order valence-corrected chi connectivity index (χ3v) is 3.25. The van der Waals surface area contributed by atoms with Crippen molar-refractivity contribution < 1.29 is 9.90 Å². The predicted octanol–water partition coefficient (Wildman–Crippen LogP) is 1.98. The van der Waals surface area contributed by atoms with Crippen molar-refractivity contribution in [1.82, 2.24) is 9.97 Å². The van der Waals surface area contributed by atoms with Gasteiger partial charge in [-0.1, -0.05) is 19.3 Å². The van der Waals surface area contributed by atoms with Crippen LogP contribution >= 0.6 is 0 Å². The van der Waals surface area contributed by atoms with Gasteiger partial charge >= 0.3 is 5.97 Å². The number of rotatable bonds is 3. The summed E-state index contributed by atoms with van der Waals surface area (Å²) in [6.07, 6.45) is 7.63. The summed E-state index contributed by atoms with van der Waals surface area (Å²) in [4.78, 5) is 19.7. The van der Waals surface area contributed by atoms with E-state index in [-0.39, 0.29) is 0 Å². The Morgan fingerprint density at radius 2 is 1.88 bits per heavy atom. The van der Waals surface area contributed by atoms with Gasteiger partial charge in [-0.15, -0.1) is 0 Å². The molecule has 5 nitrogen and oxygen atoms in total. The quantitative estimate of drug-likeness (QED) is 0.838. The van der Waals surface area contributed by atoms with Crippen LogP contribution in [0.3, 0.4) is 0 Å². The Bertz CT molecular complexity index is 397. The van der Waals surface area contributed by atoms with Crippen molar-refractivity contribution in [3.8, 4) is 0 Å². The average Bonchev–Trinajstić information content (AvgIpc) is 2.33. The number of aromatic nitrogens is 2. The molecule has 1 heterocycles. The van der Waals surface area contributed by atoms with E-state index in [2.05, 4.69) is 15.3 Å². The molecule has 1 aliphatic rings. The number of hydrogen-bond donors (Lipinski definition) is 2. The molecule has 1 aromatic rings. The van der Waals surface area contributed by atoms with Crippen molar-refractivity contribution in [1.29, 1.82) is 0 Å². The van der Waals surface area contributed by atoms with E-state index >= 15 is 0 Å². The lowest BCUT2D eigenvalue weighted by molar-refractivity contribution is -0.143. The third-order valence-electron chi connectivity index (χ3n) is 3.25. The van der Waals surface area contributed by atoms with Gasteiger partial charge in [0.15, 0.2) is 0 Å². The van der Waals surface area contributed by atoms with Crippen LogP contribution in [0.4, 0.5) is 5.95 Å². The second-order valence-electron chi connectivity index (χ2n) is 4.66. The first-order valence-corrected chi connectivity index (χ1v) is 5.93. The summed E-state index contributed by atoms with van der Waals surface area (Å²) in [5, 5.41) is 12.4. The number of aryl methyl sites for hydroxylation is 1. The Hall–Kier alpha value is -1.65. The van der Waals surface area contributed by atoms with Crippen LogP contribution in [0, 0.1) is 6.92 Å². The summed E-state index contributed by atoms with van der Waals surface area (Å²) >= 11 is 0. The second kappa shape index (κ2) is 4.69. The summed E-state index contributed by atoms with van der Waals surface area (Å²) < 4.78 is 0. The summed E-state index contributed by atoms with van der Waals surface area (Å²) in [6, 6.07) is 0. The Morgan fingerprint density at radius 1 is 1.29 bits per heavy atom. The molecule has 2 rings (SSSR count). The highest BCUT2D eigenvalue weighted by Crippen LogP contribution is 2.31. The first-order valence-electron chi connectivity index (χ1n) is 5.93. The molecule has 5 heteroatoms. The van der Waals surface area contributed by atoms with E-state index in [9.17, 15) is 9.90 Å². The average molecular weight is 235 g/mol. The van der Waals surface area contributed by atoms with Crippen molar-refractivity contribution in [2.45, 2.75) is 44.6 Å². The molecule has 17 heavy (non-hydrogen) atoms. The summed E-state index contributed by atoms with van der Waals surface area (Å²) in [6.45, 7) is 1.90. The topological polar surface area (TPSA) is 75.1 Å². The number of carbonyl (C=O) groups is 1. The molecule has 1 aromatic heterocycles. The minimum Gasteiger partial charge on any atom is -0.480 e. The molecule has 0 aliphatic heterocycles. The molecule has 0 atom stereocenters. The Kier molecular flexibility index (Phi) is 3.26. The highest BCUT2D eigenvalue weighted by Gasteiger charge is 2.40. The van der Waals surface area contributed by atoms with Gasteiger partial charge in [0.05, 0.1) is 0 Å². The molecule has 0 amide bonds. The fourth-order valence-corrected chi connectivity index (χ4v) is 2.22. The lowest BCUT2D eigenvalue weighted by Gasteiger charge is -2.33. The fraction of sp³-hybridized carbons (Fsp3) is 0.583. The Labute approximate surface area is 100 Å². The molecule has 2 N–H and O–H groups in total. The standard InChI is InChI=1S/C12H17N3O2/c1-9-7-13-11(14-8-9)15-12(10(16)17)5-3-2-4-6-12/h7-8H,2-6H2,1H3,(H,16,17)(H,13,14,15). The van der Waals surface area contributed by atoms with Gasteiger partial charge in [-0.25, -0.2) is 14.8 Å². The molecule has 0 spiro atoms. The van der Waals surface area contributed by atoms with Gasteiger partial charge in [0, 0.05) is 12.4 Å². The molecule has 1 aliphatic carbocycles. The fourth-order valence-electron chi connectivity index (χ4n) is 2.22. The molecule has 0 radical (unpaired) electrons. The molecule has 92 valence electrons. The summed E-state index contributed by atoms with van der Waals surface area (Å²) in [5.41, 5.74) is 0.0802. The molecule has 0 bridgehead atoms. The van der Waals surface area contributed by atoms with Crippen LogP contribution in [-0.4, -0.2) is 26.6 Å². The number of anilines is 1. The number of carboxylic acids is 1. The van der Waals surface area contributed by atoms with Crippen molar-refractivity contribution in [2.24, 2.45) is 0 Å². The van der Waals surface area contributed by atoms with Crippen molar-refractivity contribution in [2.75, 3.05) is 5.32 Å². The zero-order valence-electron chi connectivity index (χ0n) is 9.94. The van der Waals surface area contributed by atoms with Crippen molar-refractivity contribution in [3.05, 3.63) is 18.0 Å². The zero-order valence-corrected chi connectivity index (χ0v) is 9.94. The van der Waals surface area contributed by atoms with E-state index < -0.39 is 11.5 Å². The van der Waals surface area contributed by atoms with E-state index in [0.29, 0.717) is 18.8 Å². The number of nitrogens with one attached hydrogen (secondary N) is 1. The van der Waals surface area contributed by atoms with Gasteiger partial charge in [0.2, 0.25) is 5.95 Å². The Morgan fingerprint density at radius 3 is 2.41 bits per heavy atom. The number of hydrogen-bond acceptors (Lipinski definition) is 4. The zero-order chi connectivity index (χ0) is 12.3. The van der Waals surface area contributed by atoms with Crippen LogP contribution in [0.15, 0.2) is 12.4 Å². The lowest BCUT2D eigenvalue weighted by atomic mass is 9.82. The monoisotopic (exact) mass is 235 g/mol. The number of nitrogens with zero attached hydrogens (tertiary/aromatic N) is 2. The normalized spacial score (nSPS) is 18.6. The van der Waals surface area contributed by atoms with E-state index in [1.54, 1.807) is 12.4 Å². The van der Waals surface area contributed by atoms with Gasteiger partial charge in [-0.3, -0.25) is 0 Å². The van der Waals surface area contributed by atoms with Crippen LogP contribution < -0.4 is 5.32 Å². The molecular weight excluding hydrogens is 218 g/mol. The van der Waals surface area contributed by atoms with E-state index in [1.807, 2.05) is 6.92 Å². The maximum absolute atomic E-state index is 11.4. The summed E-state index contributed by atoms with van der Waals surface area (Å²) in [5.74, 6) is -0.402. The highest BCUT2D eigenvalue weighted by atomic mass is 16.4. The van der Waals surface area contributed by atoms with Crippen LogP contribution in [0.5, 0.6) is 0 Å². The lowest BCUT2D eigenvalue weighted by Crippen LogP contribution is -2.48. The van der Waals surface area contributed by atoms with Crippen LogP contribution in [0.25, 0.3) is 0 Å². The van der Waals surface area contributed by atoms with Gasteiger partial charge < -0.3 is 10.4 Å². The van der Waals surface area contributed by atoms with E-state index in [4.69, 9.17) is 0 Å². The Balaban J connectivity index is 2.17. The predicted molar refractivity (Wildman–Crippen MR) is 63.8 cm³/mol. The maximum atomic E-state index is 11.4. The highest BCUT2D eigenvalue weighted by molar-refractivity contribution is 5.82. The third kappa shape index (κ3) is 2.54. The first kappa shape index (κ1) is 11.8. The number of aliphatic carboxylic acids is 1. The maximum Gasteiger partial charge on any atom is 0.329 e. The molecule has 0 unspecified atom stereocenters. The van der Waals surface area contributed by atoms with Crippen LogP contribution in [0.2, 0.25) is 0 Å². The second-order valence-corrected chi connectivity index (χ2v) is 4.66. The molecule has 0 aromatic carbocycles. The van der Waals surface area contributed by atoms with Crippen molar-refractivity contribution >= 4 is 11.9 Å². The van der Waals surface area contributed by atoms with Crippen molar-refractivity contribution in [3.63, 3.8) is 0 Å². The molecular formula is C12H17N3O2.